The van der Waals surface area contributed by atoms with E-state index in [1.807, 2.05) is 12.3 Å². The monoisotopic (exact) mass is 145 g/mol. The molecule has 0 aromatic heterocycles. The van der Waals surface area contributed by atoms with E-state index in [0.717, 1.165) is 6.54 Å². The van der Waals surface area contributed by atoms with E-state index in [4.69, 9.17) is 0 Å². The Morgan fingerprint density at radius 3 is 2.82 bits per heavy atom. The van der Waals surface area contributed by atoms with Crippen LogP contribution in [0.25, 0.3) is 0 Å². The molecule has 1 heterocycles. The summed E-state index contributed by atoms with van der Waals surface area (Å²) in [6.07, 6.45) is 14.8. The molecule has 0 bridgehead atoms. The summed E-state index contributed by atoms with van der Waals surface area (Å²) in [5.74, 6) is 1.16. The number of hydrogen-bond acceptors (Lipinski definition) is 1. The highest BCUT2D eigenvalue weighted by atomic mass is 14.7. The second-order valence-electron chi connectivity index (χ2n) is 2.91. The molecule has 0 radical (unpaired) electrons. The molecule has 2 rings (SSSR count). The van der Waals surface area contributed by atoms with Crippen LogP contribution in [0.15, 0.2) is 41.4 Å². The molecule has 0 saturated heterocycles. The third-order valence-corrected chi connectivity index (χ3v) is 2.14. The molecule has 1 aliphatic carbocycles. The fraction of sp³-hybridized carbons (Fsp3) is 0.300. The summed E-state index contributed by atoms with van der Waals surface area (Å²) in [6, 6.07) is 0. The van der Waals surface area contributed by atoms with Crippen LogP contribution < -0.4 is 0 Å². The third kappa shape index (κ3) is 1.32. The van der Waals surface area contributed by atoms with Crippen LogP contribution >= 0.6 is 0 Å². The van der Waals surface area contributed by atoms with Crippen LogP contribution in [-0.2, 0) is 0 Å². The standard InChI is InChI=1S/C10H11N/c1-2-5-10-8-11-7-3-6-9(10)4-1/h1-7,9-10H,8H2/t9?,10-/m0/s1. The van der Waals surface area contributed by atoms with Crippen molar-refractivity contribution in [2.24, 2.45) is 16.8 Å². The molecule has 2 aliphatic rings. The summed E-state index contributed by atoms with van der Waals surface area (Å²) in [7, 11) is 0. The summed E-state index contributed by atoms with van der Waals surface area (Å²) in [6.45, 7) is 0.929. The summed E-state index contributed by atoms with van der Waals surface area (Å²) >= 11 is 0. The minimum absolute atomic E-state index is 0.572. The highest BCUT2D eigenvalue weighted by Crippen LogP contribution is 2.22. The van der Waals surface area contributed by atoms with Crippen molar-refractivity contribution >= 4 is 6.21 Å². The van der Waals surface area contributed by atoms with Gasteiger partial charge in [0.25, 0.3) is 0 Å². The molecular weight excluding hydrogens is 134 g/mol. The zero-order valence-corrected chi connectivity index (χ0v) is 6.35. The van der Waals surface area contributed by atoms with Crippen molar-refractivity contribution in [1.29, 1.82) is 0 Å². The van der Waals surface area contributed by atoms with Gasteiger partial charge in [-0.1, -0.05) is 30.4 Å². The first-order chi connectivity index (χ1) is 5.47. The summed E-state index contributed by atoms with van der Waals surface area (Å²) in [5, 5.41) is 0. The molecule has 1 aliphatic heterocycles. The van der Waals surface area contributed by atoms with E-state index in [0.29, 0.717) is 11.8 Å². The normalized spacial score (nSPS) is 33.5. The average Bonchev–Trinajstić information content (AvgIpc) is 2.28. The number of fused-ring (bicyclic) bond motifs is 1. The van der Waals surface area contributed by atoms with E-state index in [-0.39, 0.29) is 0 Å². The van der Waals surface area contributed by atoms with Gasteiger partial charge in [0.05, 0.1) is 0 Å². The van der Waals surface area contributed by atoms with Crippen LogP contribution in [0.3, 0.4) is 0 Å². The smallest absolute Gasteiger partial charge is 0.0460 e. The van der Waals surface area contributed by atoms with Gasteiger partial charge in [0, 0.05) is 24.6 Å². The van der Waals surface area contributed by atoms with Crippen LogP contribution in [0.1, 0.15) is 0 Å². The van der Waals surface area contributed by atoms with E-state index in [9.17, 15) is 0 Å². The highest BCUT2D eigenvalue weighted by Gasteiger charge is 2.15. The van der Waals surface area contributed by atoms with Gasteiger partial charge >= 0.3 is 0 Å². The van der Waals surface area contributed by atoms with Gasteiger partial charge in [-0.05, 0) is 6.08 Å². The lowest BCUT2D eigenvalue weighted by Crippen LogP contribution is -2.12. The molecule has 56 valence electrons. The molecule has 0 aromatic carbocycles. The average molecular weight is 145 g/mol. The molecule has 11 heavy (non-hydrogen) atoms. The Kier molecular flexibility index (Phi) is 1.72. The molecular formula is C10H11N. The van der Waals surface area contributed by atoms with E-state index >= 15 is 0 Å². The molecule has 0 N–H and O–H groups in total. The Hall–Kier alpha value is -1.11. The van der Waals surface area contributed by atoms with Crippen molar-refractivity contribution in [3.05, 3.63) is 36.5 Å². The lowest BCUT2D eigenvalue weighted by Gasteiger charge is -2.17. The largest absolute Gasteiger partial charge is 0.293 e. The lowest BCUT2D eigenvalue weighted by atomic mass is 9.89. The maximum Gasteiger partial charge on any atom is 0.0460 e. The molecule has 0 fully saturated rings. The molecule has 1 nitrogen and oxygen atoms in total. The van der Waals surface area contributed by atoms with Gasteiger partial charge < -0.3 is 0 Å². The summed E-state index contributed by atoms with van der Waals surface area (Å²) in [5.41, 5.74) is 0. The van der Waals surface area contributed by atoms with Crippen molar-refractivity contribution in [3.8, 4) is 0 Å². The molecule has 1 heteroatoms. The quantitative estimate of drug-likeness (QED) is 0.494. The Bertz CT molecular complexity index is 246. The van der Waals surface area contributed by atoms with E-state index in [2.05, 4.69) is 35.4 Å². The van der Waals surface area contributed by atoms with Gasteiger partial charge in [0.15, 0.2) is 0 Å². The number of aliphatic imine (C=N–C) groups is 1. The fourth-order valence-corrected chi connectivity index (χ4v) is 1.48. The molecule has 2 atom stereocenters. The maximum atomic E-state index is 4.26. The lowest BCUT2D eigenvalue weighted by molar-refractivity contribution is 0.568. The van der Waals surface area contributed by atoms with Crippen LogP contribution in [0.2, 0.25) is 0 Å². The Morgan fingerprint density at radius 2 is 1.82 bits per heavy atom. The SMILES string of the molecule is C1=CC2C=CC=NC[C@@H]2C=C1. The minimum Gasteiger partial charge on any atom is -0.293 e. The topological polar surface area (TPSA) is 12.4 Å². The van der Waals surface area contributed by atoms with Gasteiger partial charge in [0.2, 0.25) is 0 Å². The van der Waals surface area contributed by atoms with Crippen molar-refractivity contribution in [1.82, 2.24) is 0 Å². The molecule has 0 aromatic rings. The summed E-state index contributed by atoms with van der Waals surface area (Å²) in [4.78, 5) is 4.26. The van der Waals surface area contributed by atoms with Crippen LogP contribution in [0.5, 0.6) is 0 Å². The van der Waals surface area contributed by atoms with E-state index in [1.165, 1.54) is 0 Å². The first-order valence-corrected chi connectivity index (χ1v) is 3.98. The number of nitrogens with zero attached hydrogens (tertiary/aromatic N) is 1. The minimum atomic E-state index is 0.572. The predicted octanol–water partition coefficient (Wildman–Crippen LogP) is 1.99. The van der Waals surface area contributed by atoms with Crippen molar-refractivity contribution in [2.45, 2.75) is 0 Å². The first kappa shape index (κ1) is 6.59. The van der Waals surface area contributed by atoms with Crippen molar-refractivity contribution < 1.29 is 0 Å². The highest BCUT2D eigenvalue weighted by molar-refractivity contribution is 5.71. The Labute approximate surface area is 66.8 Å². The second-order valence-corrected chi connectivity index (χ2v) is 2.91. The van der Waals surface area contributed by atoms with Crippen LogP contribution in [0.4, 0.5) is 0 Å². The van der Waals surface area contributed by atoms with Gasteiger partial charge in [-0.3, -0.25) is 4.99 Å². The second kappa shape index (κ2) is 2.87. The zero-order valence-electron chi connectivity index (χ0n) is 6.35. The van der Waals surface area contributed by atoms with E-state index in [1.54, 1.807) is 0 Å². The third-order valence-electron chi connectivity index (χ3n) is 2.14. The fourth-order valence-electron chi connectivity index (χ4n) is 1.48. The first-order valence-electron chi connectivity index (χ1n) is 3.98. The summed E-state index contributed by atoms with van der Waals surface area (Å²) < 4.78 is 0. The van der Waals surface area contributed by atoms with Gasteiger partial charge in [-0.25, -0.2) is 0 Å². The van der Waals surface area contributed by atoms with Gasteiger partial charge in [-0.15, -0.1) is 0 Å². The van der Waals surface area contributed by atoms with Crippen LogP contribution in [0, 0.1) is 11.8 Å². The molecule has 1 unspecified atom stereocenters. The number of allylic oxidation sites excluding steroid dienone is 5. The zero-order chi connectivity index (χ0) is 7.52. The number of hydrogen-bond donors (Lipinski definition) is 0. The Balaban J connectivity index is 2.23. The van der Waals surface area contributed by atoms with Gasteiger partial charge in [-0.2, -0.15) is 0 Å². The molecule has 0 spiro atoms. The molecule has 0 saturated carbocycles. The molecule has 0 amide bonds. The predicted molar refractivity (Wildman–Crippen MR) is 47.8 cm³/mol. The maximum absolute atomic E-state index is 4.26. The van der Waals surface area contributed by atoms with Crippen molar-refractivity contribution in [3.63, 3.8) is 0 Å². The van der Waals surface area contributed by atoms with Crippen LogP contribution in [-0.4, -0.2) is 12.8 Å². The van der Waals surface area contributed by atoms with Gasteiger partial charge in [0.1, 0.15) is 0 Å². The number of rotatable bonds is 0. The van der Waals surface area contributed by atoms with Crippen molar-refractivity contribution in [2.75, 3.05) is 6.54 Å². The van der Waals surface area contributed by atoms with E-state index < -0.39 is 0 Å². The Morgan fingerprint density at radius 1 is 1.00 bits per heavy atom.